The normalized spacial score (nSPS) is 19.6. The van der Waals surface area contributed by atoms with E-state index in [0.29, 0.717) is 11.7 Å². The minimum Gasteiger partial charge on any atom is -0.504 e. The Morgan fingerprint density at radius 1 is 1.29 bits per heavy atom. The van der Waals surface area contributed by atoms with Gasteiger partial charge >= 0.3 is 6.09 Å². The average molecular weight is 387 g/mol. The van der Waals surface area contributed by atoms with E-state index in [1.54, 1.807) is 23.9 Å². The third kappa shape index (κ3) is 3.27. The van der Waals surface area contributed by atoms with Gasteiger partial charge in [0, 0.05) is 36.3 Å². The predicted octanol–water partition coefficient (Wildman–Crippen LogP) is 3.94. The van der Waals surface area contributed by atoms with Crippen LogP contribution < -0.4 is 4.74 Å². The first-order valence-corrected chi connectivity index (χ1v) is 9.92. The number of pyridine rings is 1. The molecule has 7 nitrogen and oxygen atoms in total. The number of methoxy groups -OCH3 is 1. The summed E-state index contributed by atoms with van der Waals surface area (Å²) in [6, 6.07) is 1.60. The van der Waals surface area contributed by atoms with E-state index in [1.807, 2.05) is 31.9 Å². The maximum absolute atomic E-state index is 12.2. The zero-order valence-electron chi connectivity index (χ0n) is 17.1. The summed E-state index contributed by atoms with van der Waals surface area (Å²) in [5.74, 6) is 1.00. The molecule has 1 saturated heterocycles. The van der Waals surface area contributed by atoms with Crippen molar-refractivity contribution < 1.29 is 19.4 Å². The molecule has 2 aliphatic rings. The number of fused-ring (bicyclic) bond motifs is 1. The molecule has 2 aromatic rings. The van der Waals surface area contributed by atoms with Gasteiger partial charge in [-0.3, -0.25) is 0 Å². The lowest BCUT2D eigenvalue weighted by Gasteiger charge is -2.53. The van der Waals surface area contributed by atoms with E-state index < -0.39 is 5.60 Å². The van der Waals surface area contributed by atoms with Crippen molar-refractivity contribution in [1.29, 1.82) is 0 Å². The van der Waals surface area contributed by atoms with Gasteiger partial charge in [-0.25, -0.2) is 9.31 Å². The van der Waals surface area contributed by atoms with Gasteiger partial charge in [-0.2, -0.15) is 5.10 Å². The van der Waals surface area contributed by atoms with E-state index in [4.69, 9.17) is 9.47 Å². The van der Waals surface area contributed by atoms with Crippen LogP contribution in [-0.2, 0) is 4.74 Å². The van der Waals surface area contributed by atoms with Crippen molar-refractivity contribution in [2.24, 2.45) is 5.41 Å². The number of ether oxygens (including phenoxy) is 2. The Kier molecular flexibility index (Phi) is 4.43. The monoisotopic (exact) mass is 387 g/mol. The van der Waals surface area contributed by atoms with Gasteiger partial charge < -0.3 is 19.5 Å². The van der Waals surface area contributed by atoms with Crippen molar-refractivity contribution in [3.63, 3.8) is 0 Å². The second kappa shape index (κ2) is 6.57. The number of likely N-dealkylation sites (tertiary alicyclic amines) is 1. The summed E-state index contributed by atoms with van der Waals surface area (Å²) in [6.45, 7) is 7.26. The summed E-state index contributed by atoms with van der Waals surface area (Å²) < 4.78 is 12.7. The molecule has 0 unspecified atom stereocenters. The van der Waals surface area contributed by atoms with Gasteiger partial charge in [0.1, 0.15) is 11.1 Å². The topological polar surface area (TPSA) is 76.3 Å². The Balaban J connectivity index is 1.43. The molecule has 0 bridgehead atoms. The van der Waals surface area contributed by atoms with Crippen molar-refractivity contribution >= 4 is 11.6 Å². The van der Waals surface area contributed by atoms with E-state index >= 15 is 0 Å². The number of carbonyl (C=O) groups excluding carboxylic acids is 1. The van der Waals surface area contributed by atoms with E-state index in [-0.39, 0.29) is 17.3 Å². The van der Waals surface area contributed by atoms with Gasteiger partial charge in [0.2, 0.25) is 0 Å². The minimum atomic E-state index is -0.453. The number of nitrogens with zero attached hydrogens (tertiary/aromatic N) is 3. The van der Waals surface area contributed by atoms with Crippen LogP contribution in [0.4, 0.5) is 4.79 Å². The molecule has 4 rings (SSSR count). The van der Waals surface area contributed by atoms with Crippen molar-refractivity contribution in [2.45, 2.75) is 58.0 Å². The molecule has 0 aromatic carbocycles. The van der Waals surface area contributed by atoms with Crippen LogP contribution in [0, 0.1) is 5.41 Å². The molecule has 0 radical (unpaired) electrons. The molecule has 2 aromatic heterocycles. The Morgan fingerprint density at radius 3 is 2.57 bits per heavy atom. The summed E-state index contributed by atoms with van der Waals surface area (Å²) in [7, 11) is 1.57. The van der Waals surface area contributed by atoms with Crippen molar-refractivity contribution in [1.82, 2.24) is 14.5 Å². The number of hydrogen-bond donors (Lipinski definition) is 1. The van der Waals surface area contributed by atoms with Crippen LogP contribution in [0.1, 0.15) is 57.9 Å². The molecular formula is C21H29N3O4. The van der Waals surface area contributed by atoms with Gasteiger partial charge in [0.15, 0.2) is 11.5 Å². The first-order valence-electron chi connectivity index (χ1n) is 9.92. The number of hydrogen-bond acceptors (Lipinski definition) is 5. The third-order valence-electron chi connectivity index (χ3n) is 6.04. The first kappa shape index (κ1) is 18.9. The average Bonchev–Trinajstić information content (AvgIpc) is 3.02. The Labute approximate surface area is 165 Å². The predicted molar refractivity (Wildman–Crippen MR) is 105 cm³/mol. The number of aromatic nitrogens is 2. The third-order valence-corrected chi connectivity index (χ3v) is 6.04. The van der Waals surface area contributed by atoms with Crippen LogP contribution in [0.2, 0.25) is 0 Å². The number of aromatic hydroxyl groups is 1. The van der Waals surface area contributed by atoms with Crippen LogP contribution in [0.15, 0.2) is 18.5 Å². The second-order valence-electron chi connectivity index (χ2n) is 9.24. The quantitative estimate of drug-likeness (QED) is 0.845. The minimum absolute atomic E-state index is 0.135. The van der Waals surface area contributed by atoms with E-state index in [2.05, 4.69) is 5.10 Å². The highest BCUT2D eigenvalue weighted by Crippen LogP contribution is 2.50. The molecule has 1 N–H and O–H groups in total. The van der Waals surface area contributed by atoms with Crippen molar-refractivity contribution in [2.75, 3.05) is 20.2 Å². The summed E-state index contributed by atoms with van der Waals surface area (Å²) >= 11 is 0. The summed E-state index contributed by atoms with van der Waals surface area (Å²) in [5.41, 5.74) is 1.76. The Bertz CT molecular complexity index is 883. The van der Waals surface area contributed by atoms with Gasteiger partial charge in [-0.1, -0.05) is 0 Å². The molecule has 28 heavy (non-hydrogen) atoms. The lowest BCUT2D eigenvalue weighted by atomic mass is 9.65. The molecule has 1 aliphatic heterocycles. The highest BCUT2D eigenvalue weighted by molar-refractivity contribution is 5.71. The lowest BCUT2D eigenvalue weighted by Crippen LogP contribution is -2.60. The molecule has 2 fully saturated rings. The molecule has 1 aliphatic carbocycles. The molecule has 1 saturated carbocycles. The van der Waals surface area contributed by atoms with Crippen molar-refractivity contribution in [3.8, 4) is 11.5 Å². The fourth-order valence-corrected chi connectivity index (χ4v) is 4.64. The van der Waals surface area contributed by atoms with E-state index in [1.165, 1.54) is 0 Å². The summed E-state index contributed by atoms with van der Waals surface area (Å²) in [5, 5.41) is 14.6. The first-order chi connectivity index (χ1) is 13.2. The number of rotatable bonds is 2. The molecule has 3 heterocycles. The van der Waals surface area contributed by atoms with Gasteiger partial charge in [-0.15, -0.1) is 0 Å². The van der Waals surface area contributed by atoms with Crippen LogP contribution in [-0.4, -0.2) is 51.5 Å². The fourth-order valence-electron chi connectivity index (χ4n) is 4.64. The fraction of sp³-hybridized carbons (Fsp3) is 0.619. The van der Waals surface area contributed by atoms with Crippen LogP contribution in [0.3, 0.4) is 0 Å². The molecule has 1 amide bonds. The SMILES string of the molecule is COc1c(O)ccn2ncc(C3CCC4(CC3)CN(C(=O)OC(C)(C)C)C4)c12. The highest BCUT2D eigenvalue weighted by atomic mass is 16.6. The van der Waals surface area contributed by atoms with Gasteiger partial charge in [-0.05, 0) is 52.4 Å². The summed E-state index contributed by atoms with van der Waals surface area (Å²) in [6.07, 6.45) is 7.69. The molecule has 0 atom stereocenters. The maximum atomic E-state index is 12.2. The van der Waals surface area contributed by atoms with Gasteiger partial charge in [0.25, 0.3) is 0 Å². The van der Waals surface area contributed by atoms with Crippen LogP contribution in [0.25, 0.3) is 5.52 Å². The molecule has 7 heteroatoms. The Hall–Kier alpha value is -2.44. The maximum Gasteiger partial charge on any atom is 0.410 e. The summed E-state index contributed by atoms with van der Waals surface area (Å²) in [4.78, 5) is 14.0. The van der Waals surface area contributed by atoms with Crippen molar-refractivity contribution in [3.05, 3.63) is 24.0 Å². The zero-order valence-corrected chi connectivity index (χ0v) is 17.1. The van der Waals surface area contributed by atoms with Crippen LogP contribution >= 0.6 is 0 Å². The van der Waals surface area contributed by atoms with Crippen LogP contribution in [0.5, 0.6) is 11.5 Å². The lowest BCUT2D eigenvalue weighted by molar-refractivity contribution is -0.0506. The molecule has 152 valence electrons. The molecule has 1 spiro atoms. The second-order valence-corrected chi connectivity index (χ2v) is 9.24. The number of amides is 1. The number of carbonyl (C=O) groups is 1. The largest absolute Gasteiger partial charge is 0.504 e. The van der Waals surface area contributed by atoms with Gasteiger partial charge in [0.05, 0.1) is 13.3 Å². The van der Waals surface area contributed by atoms with E-state index in [0.717, 1.165) is 49.9 Å². The molecular weight excluding hydrogens is 358 g/mol. The van der Waals surface area contributed by atoms with E-state index in [9.17, 15) is 9.90 Å². The zero-order chi connectivity index (χ0) is 20.1. The Morgan fingerprint density at radius 2 is 1.96 bits per heavy atom. The standard InChI is InChI=1S/C21H29N3O4/c1-20(2,3)28-19(26)23-12-21(13-23)8-5-14(6-9-21)15-11-22-24-10-7-16(25)18(27-4)17(15)24/h7,10-11,14,25H,5-6,8-9,12-13H2,1-4H3. The smallest absolute Gasteiger partial charge is 0.410 e. The highest BCUT2D eigenvalue weighted by Gasteiger charge is 2.48.